The zero-order valence-electron chi connectivity index (χ0n) is 20.1. The Labute approximate surface area is 213 Å². The molecule has 37 heavy (non-hydrogen) atoms. The van der Waals surface area contributed by atoms with Gasteiger partial charge in [-0.15, -0.1) is 0 Å². The van der Waals surface area contributed by atoms with Crippen LogP contribution in [0.4, 0.5) is 9.18 Å². The first-order chi connectivity index (χ1) is 18.0. The van der Waals surface area contributed by atoms with Crippen LogP contribution in [0.2, 0.25) is 0 Å². The molecule has 2 N–H and O–H groups in total. The SMILES string of the molecule is O=C(NCc1ccccc1)c1cc([C@@H]2CCN(C(=O)O)C[C@H]2COc2ccc3c(c2)OCO3)ccc1F. The van der Waals surface area contributed by atoms with E-state index >= 15 is 0 Å². The van der Waals surface area contributed by atoms with Crippen molar-refractivity contribution < 1.29 is 33.3 Å². The van der Waals surface area contributed by atoms with E-state index in [1.54, 1.807) is 30.3 Å². The highest BCUT2D eigenvalue weighted by Gasteiger charge is 2.34. The highest BCUT2D eigenvalue weighted by Crippen LogP contribution is 2.37. The quantitative estimate of drug-likeness (QED) is 0.484. The number of piperidine rings is 1. The Morgan fingerprint density at radius 2 is 1.86 bits per heavy atom. The van der Waals surface area contributed by atoms with Gasteiger partial charge in [0.2, 0.25) is 6.79 Å². The van der Waals surface area contributed by atoms with Gasteiger partial charge in [0, 0.05) is 31.6 Å². The van der Waals surface area contributed by atoms with Crippen LogP contribution in [-0.4, -0.2) is 48.5 Å². The predicted octanol–water partition coefficient (Wildman–Crippen LogP) is 4.65. The summed E-state index contributed by atoms with van der Waals surface area (Å²) in [5.74, 6) is 0.381. The lowest BCUT2D eigenvalue weighted by Crippen LogP contribution is -2.44. The molecule has 0 aromatic heterocycles. The summed E-state index contributed by atoms with van der Waals surface area (Å²) in [6.45, 7) is 1.28. The number of carbonyl (C=O) groups is 2. The summed E-state index contributed by atoms with van der Waals surface area (Å²) < 4.78 is 31.4. The molecule has 0 saturated carbocycles. The van der Waals surface area contributed by atoms with Gasteiger partial charge in [0.25, 0.3) is 5.91 Å². The van der Waals surface area contributed by atoms with Crippen LogP contribution in [0.5, 0.6) is 17.2 Å². The fourth-order valence-corrected chi connectivity index (χ4v) is 4.80. The van der Waals surface area contributed by atoms with Crippen LogP contribution < -0.4 is 19.5 Å². The van der Waals surface area contributed by atoms with Gasteiger partial charge in [-0.25, -0.2) is 9.18 Å². The van der Waals surface area contributed by atoms with Gasteiger partial charge in [-0.3, -0.25) is 4.79 Å². The van der Waals surface area contributed by atoms with Crippen molar-refractivity contribution in [3.05, 3.63) is 89.2 Å². The number of nitrogens with zero attached hydrogens (tertiary/aromatic N) is 1. The molecule has 2 aliphatic rings. The lowest BCUT2D eigenvalue weighted by atomic mass is 9.80. The molecule has 3 aromatic carbocycles. The highest BCUT2D eigenvalue weighted by molar-refractivity contribution is 5.94. The van der Waals surface area contributed by atoms with Crippen molar-refractivity contribution in [3.63, 3.8) is 0 Å². The lowest BCUT2D eigenvalue weighted by Gasteiger charge is -2.37. The van der Waals surface area contributed by atoms with E-state index in [-0.39, 0.29) is 43.9 Å². The van der Waals surface area contributed by atoms with Gasteiger partial charge >= 0.3 is 6.09 Å². The van der Waals surface area contributed by atoms with Crippen LogP contribution in [0.3, 0.4) is 0 Å². The first-order valence-corrected chi connectivity index (χ1v) is 12.1. The number of nitrogens with one attached hydrogen (secondary N) is 1. The van der Waals surface area contributed by atoms with E-state index < -0.39 is 17.8 Å². The summed E-state index contributed by atoms with van der Waals surface area (Å²) in [7, 11) is 0. The molecule has 2 aliphatic heterocycles. The zero-order valence-corrected chi connectivity index (χ0v) is 20.1. The third kappa shape index (κ3) is 5.61. The second-order valence-electron chi connectivity index (χ2n) is 9.12. The number of likely N-dealkylation sites (tertiary alicyclic amines) is 1. The number of fused-ring (bicyclic) bond motifs is 1. The number of hydrogen-bond acceptors (Lipinski definition) is 5. The van der Waals surface area contributed by atoms with Gasteiger partial charge in [0.15, 0.2) is 11.5 Å². The fraction of sp³-hybridized carbons (Fsp3) is 0.286. The molecule has 0 unspecified atom stereocenters. The molecule has 1 saturated heterocycles. The molecular formula is C28H27FN2O6. The van der Waals surface area contributed by atoms with Crippen LogP contribution in [0.15, 0.2) is 66.7 Å². The minimum absolute atomic E-state index is 0.0375. The zero-order chi connectivity index (χ0) is 25.8. The number of carboxylic acid groups (broad SMARTS) is 1. The smallest absolute Gasteiger partial charge is 0.407 e. The molecule has 8 nitrogen and oxygen atoms in total. The van der Waals surface area contributed by atoms with Gasteiger partial charge in [0.1, 0.15) is 11.6 Å². The third-order valence-corrected chi connectivity index (χ3v) is 6.77. The summed E-state index contributed by atoms with van der Waals surface area (Å²) in [5, 5.41) is 12.3. The van der Waals surface area contributed by atoms with Crippen LogP contribution in [0, 0.1) is 11.7 Å². The molecule has 0 radical (unpaired) electrons. The number of ether oxygens (including phenoxy) is 3. The molecule has 3 aromatic rings. The Morgan fingerprint density at radius 1 is 1.05 bits per heavy atom. The molecule has 2 atom stereocenters. The van der Waals surface area contributed by atoms with Gasteiger partial charge < -0.3 is 29.5 Å². The number of amides is 2. The van der Waals surface area contributed by atoms with E-state index in [0.29, 0.717) is 30.2 Å². The van der Waals surface area contributed by atoms with Gasteiger partial charge in [-0.1, -0.05) is 36.4 Å². The number of carbonyl (C=O) groups excluding carboxylic acids is 1. The number of benzene rings is 3. The normalized spacial score (nSPS) is 18.4. The Morgan fingerprint density at radius 3 is 2.68 bits per heavy atom. The van der Waals surface area contributed by atoms with E-state index in [0.717, 1.165) is 11.1 Å². The van der Waals surface area contributed by atoms with E-state index in [1.807, 2.05) is 30.3 Å². The Balaban J connectivity index is 1.32. The molecule has 9 heteroatoms. The summed E-state index contributed by atoms with van der Waals surface area (Å²) >= 11 is 0. The van der Waals surface area contributed by atoms with Crippen LogP contribution >= 0.6 is 0 Å². The molecular weight excluding hydrogens is 479 g/mol. The maximum atomic E-state index is 14.7. The summed E-state index contributed by atoms with van der Waals surface area (Å²) in [6, 6.07) is 19.2. The van der Waals surface area contributed by atoms with Crippen molar-refractivity contribution in [1.82, 2.24) is 10.2 Å². The topological polar surface area (TPSA) is 97.3 Å². The molecule has 5 rings (SSSR count). The minimum Gasteiger partial charge on any atom is -0.493 e. The Bertz CT molecular complexity index is 1280. The van der Waals surface area contributed by atoms with Crippen molar-refractivity contribution in [1.29, 1.82) is 0 Å². The summed E-state index contributed by atoms with van der Waals surface area (Å²) in [4.78, 5) is 25.9. The van der Waals surface area contributed by atoms with Gasteiger partial charge in [-0.05, 0) is 47.7 Å². The molecule has 1 fully saturated rings. The molecule has 0 spiro atoms. The second kappa shape index (κ2) is 10.8. The molecule has 0 bridgehead atoms. The van der Waals surface area contributed by atoms with Gasteiger partial charge in [-0.2, -0.15) is 0 Å². The van der Waals surface area contributed by atoms with Crippen LogP contribution in [0.1, 0.15) is 33.8 Å². The van der Waals surface area contributed by atoms with Crippen molar-refractivity contribution in [2.45, 2.75) is 18.9 Å². The minimum atomic E-state index is -0.994. The summed E-state index contributed by atoms with van der Waals surface area (Å²) in [6.07, 6.45) is -0.468. The Hall–Kier alpha value is -4.27. The summed E-state index contributed by atoms with van der Waals surface area (Å²) in [5.41, 5.74) is 1.65. The molecule has 192 valence electrons. The molecule has 2 heterocycles. The lowest BCUT2D eigenvalue weighted by molar-refractivity contribution is 0.0937. The van der Waals surface area contributed by atoms with Crippen molar-refractivity contribution in [2.24, 2.45) is 5.92 Å². The molecule has 0 aliphatic carbocycles. The van der Waals surface area contributed by atoms with Crippen LogP contribution in [-0.2, 0) is 6.54 Å². The van der Waals surface area contributed by atoms with Crippen molar-refractivity contribution >= 4 is 12.0 Å². The number of halogens is 1. The van der Waals surface area contributed by atoms with Gasteiger partial charge in [0.05, 0.1) is 12.2 Å². The third-order valence-electron chi connectivity index (χ3n) is 6.77. The largest absolute Gasteiger partial charge is 0.493 e. The van der Waals surface area contributed by atoms with E-state index in [1.165, 1.54) is 11.0 Å². The molecule has 2 amide bonds. The average Bonchev–Trinajstić information content (AvgIpc) is 3.39. The maximum Gasteiger partial charge on any atom is 0.407 e. The standard InChI is InChI=1S/C28H27FN2O6/c29-24-8-6-19(12-23(24)27(32)30-14-18-4-2-1-3-5-18)22-10-11-31(28(33)34)15-20(22)16-35-21-7-9-25-26(13-21)37-17-36-25/h1-9,12-13,20,22H,10-11,14-17H2,(H,30,32)(H,33,34)/t20-,22-/m0/s1. The highest BCUT2D eigenvalue weighted by atomic mass is 19.1. The maximum absolute atomic E-state index is 14.7. The number of hydrogen-bond donors (Lipinski definition) is 2. The first-order valence-electron chi connectivity index (χ1n) is 12.1. The second-order valence-corrected chi connectivity index (χ2v) is 9.12. The average molecular weight is 507 g/mol. The Kier molecular flexibility index (Phi) is 7.11. The van der Waals surface area contributed by atoms with Crippen LogP contribution in [0.25, 0.3) is 0 Å². The van der Waals surface area contributed by atoms with Crippen molar-refractivity contribution in [2.75, 3.05) is 26.5 Å². The van der Waals surface area contributed by atoms with Crippen molar-refractivity contribution in [3.8, 4) is 17.2 Å². The first kappa shape index (κ1) is 24.4. The predicted molar refractivity (Wildman–Crippen MR) is 133 cm³/mol. The fourth-order valence-electron chi connectivity index (χ4n) is 4.80. The van der Waals surface area contributed by atoms with E-state index in [2.05, 4.69) is 5.32 Å². The van der Waals surface area contributed by atoms with E-state index in [4.69, 9.17) is 14.2 Å². The monoisotopic (exact) mass is 506 g/mol. The van der Waals surface area contributed by atoms with E-state index in [9.17, 15) is 19.1 Å². The number of rotatable bonds is 7.